The fourth-order valence-corrected chi connectivity index (χ4v) is 2.60. The number of hydrogen-bond acceptors (Lipinski definition) is 3. The minimum absolute atomic E-state index is 0.0174. The summed E-state index contributed by atoms with van der Waals surface area (Å²) in [5, 5.41) is 6.00. The first kappa shape index (κ1) is 13.4. The average molecular weight is 283 g/mol. The van der Waals surface area contributed by atoms with Gasteiger partial charge in [0.05, 0.1) is 11.6 Å². The first-order chi connectivity index (χ1) is 10.1. The molecule has 108 valence electrons. The predicted octanol–water partition coefficient (Wildman–Crippen LogP) is 2.37. The lowest BCUT2D eigenvalue weighted by atomic mass is 10.1. The quantitative estimate of drug-likeness (QED) is 0.905. The van der Waals surface area contributed by atoms with E-state index in [4.69, 9.17) is 0 Å². The molecule has 3 rings (SSSR count). The number of benzene rings is 1. The van der Waals surface area contributed by atoms with Crippen molar-refractivity contribution < 1.29 is 9.59 Å². The number of nitrogens with one attached hydrogen (secondary N) is 2. The summed E-state index contributed by atoms with van der Waals surface area (Å²) in [6.07, 6.45) is 1.94. The lowest BCUT2D eigenvalue weighted by Gasteiger charge is -2.11. The zero-order chi connectivity index (χ0) is 14.8. The number of hydrogen-bond donors (Lipinski definition) is 2. The number of fused-ring (bicyclic) bond motifs is 1. The standard InChI is InChI=1S/C16H17N3O2/c1-11(20)18-14-6-4-13(5-7-14)17-9-12-10-19-8-2-3-15(19)16(12)21/h2-8,12,17H,9-10H2,1H3,(H,18,20). The Bertz CT molecular complexity index is 673. The number of anilines is 2. The van der Waals surface area contributed by atoms with Crippen molar-refractivity contribution in [3.63, 3.8) is 0 Å². The molecule has 1 aromatic heterocycles. The van der Waals surface area contributed by atoms with E-state index in [9.17, 15) is 9.59 Å². The van der Waals surface area contributed by atoms with Crippen LogP contribution in [0, 0.1) is 5.92 Å². The van der Waals surface area contributed by atoms with Crippen LogP contribution in [-0.4, -0.2) is 22.8 Å². The Balaban J connectivity index is 1.57. The molecule has 0 aliphatic carbocycles. The first-order valence-electron chi connectivity index (χ1n) is 6.94. The summed E-state index contributed by atoms with van der Waals surface area (Å²) in [5.74, 6) is 0.0905. The third-order valence-electron chi connectivity index (χ3n) is 3.63. The van der Waals surface area contributed by atoms with Crippen molar-refractivity contribution in [1.29, 1.82) is 0 Å². The minimum Gasteiger partial charge on any atom is -0.384 e. The molecule has 0 saturated carbocycles. The fraction of sp³-hybridized carbons (Fsp3) is 0.250. The van der Waals surface area contributed by atoms with Crippen molar-refractivity contribution in [2.24, 2.45) is 5.92 Å². The van der Waals surface area contributed by atoms with Crippen molar-refractivity contribution >= 4 is 23.1 Å². The maximum absolute atomic E-state index is 12.1. The molecule has 1 aromatic carbocycles. The van der Waals surface area contributed by atoms with Crippen LogP contribution in [0.5, 0.6) is 0 Å². The summed E-state index contributed by atoms with van der Waals surface area (Å²) >= 11 is 0. The minimum atomic E-state index is -0.0887. The van der Waals surface area contributed by atoms with Crippen LogP contribution in [0.2, 0.25) is 0 Å². The Kier molecular flexibility index (Phi) is 3.48. The molecule has 0 spiro atoms. The molecule has 0 fully saturated rings. The molecule has 5 heteroatoms. The highest BCUT2D eigenvalue weighted by molar-refractivity contribution is 5.98. The van der Waals surface area contributed by atoms with E-state index in [2.05, 4.69) is 10.6 Å². The number of carbonyl (C=O) groups is 2. The Labute approximate surface area is 123 Å². The molecule has 0 bridgehead atoms. The molecule has 1 aliphatic heterocycles. The van der Waals surface area contributed by atoms with Crippen molar-refractivity contribution in [2.45, 2.75) is 13.5 Å². The molecule has 2 heterocycles. The zero-order valence-corrected chi connectivity index (χ0v) is 11.8. The second-order valence-electron chi connectivity index (χ2n) is 5.25. The van der Waals surface area contributed by atoms with Gasteiger partial charge in [0.2, 0.25) is 5.91 Å². The molecule has 2 N–H and O–H groups in total. The van der Waals surface area contributed by atoms with Gasteiger partial charge in [0, 0.05) is 37.6 Å². The van der Waals surface area contributed by atoms with E-state index in [1.165, 1.54) is 6.92 Å². The van der Waals surface area contributed by atoms with Gasteiger partial charge >= 0.3 is 0 Å². The van der Waals surface area contributed by atoms with Crippen LogP contribution in [0.1, 0.15) is 17.4 Å². The van der Waals surface area contributed by atoms with Crippen LogP contribution in [-0.2, 0) is 11.3 Å². The largest absolute Gasteiger partial charge is 0.384 e. The average Bonchev–Trinajstić information content (AvgIpc) is 3.01. The van der Waals surface area contributed by atoms with E-state index in [0.29, 0.717) is 6.54 Å². The van der Waals surface area contributed by atoms with Crippen LogP contribution in [0.15, 0.2) is 42.6 Å². The fourth-order valence-electron chi connectivity index (χ4n) is 2.60. The van der Waals surface area contributed by atoms with Crippen LogP contribution >= 0.6 is 0 Å². The van der Waals surface area contributed by atoms with Crippen LogP contribution in [0.3, 0.4) is 0 Å². The van der Waals surface area contributed by atoms with Gasteiger partial charge in [-0.2, -0.15) is 0 Å². The van der Waals surface area contributed by atoms with Crippen LogP contribution in [0.25, 0.3) is 0 Å². The monoisotopic (exact) mass is 283 g/mol. The summed E-state index contributed by atoms with van der Waals surface area (Å²) in [6, 6.07) is 11.2. The third-order valence-corrected chi connectivity index (χ3v) is 3.63. The van der Waals surface area contributed by atoms with Gasteiger partial charge in [0.25, 0.3) is 0 Å². The van der Waals surface area contributed by atoms with Gasteiger partial charge in [-0.25, -0.2) is 0 Å². The molecule has 0 radical (unpaired) electrons. The van der Waals surface area contributed by atoms with Crippen molar-refractivity contribution in [2.75, 3.05) is 17.2 Å². The molecule has 1 atom stereocenters. The van der Waals surface area contributed by atoms with E-state index in [1.807, 2.05) is 47.2 Å². The predicted molar refractivity (Wildman–Crippen MR) is 81.5 cm³/mol. The lowest BCUT2D eigenvalue weighted by molar-refractivity contribution is -0.114. The van der Waals surface area contributed by atoms with E-state index < -0.39 is 0 Å². The van der Waals surface area contributed by atoms with Gasteiger partial charge in [-0.15, -0.1) is 0 Å². The van der Waals surface area contributed by atoms with E-state index in [1.54, 1.807) is 0 Å². The number of carbonyl (C=O) groups excluding carboxylic acids is 2. The number of aromatic nitrogens is 1. The van der Waals surface area contributed by atoms with Gasteiger partial charge in [0.1, 0.15) is 0 Å². The molecule has 1 unspecified atom stereocenters. The third kappa shape index (κ3) is 2.81. The maximum atomic E-state index is 12.1. The lowest BCUT2D eigenvalue weighted by Crippen LogP contribution is -2.20. The molecular weight excluding hydrogens is 266 g/mol. The molecular formula is C16H17N3O2. The highest BCUT2D eigenvalue weighted by Crippen LogP contribution is 2.22. The number of ketones is 1. The van der Waals surface area contributed by atoms with Gasteiger partial charge < -0.3 is 15.2 Å². The number of nitrogens with zero attached hydrogens (tertiary/aromatic N) is 1. The van der Waals surface area contributed by atoms with E-state index in [-0.39, 0.29) is 17.6 Å². The summed E-state index contributed by atoms with van der Waals surface area (Å²) in [5.41, 5.74) is 2.50. The van der Waals surface area contributed by atoms with Crippen molar-refractivity contribution in [1.82, 2.24) is 4.57 Å². The SMILES string of the molecule is CC(=O)Nc1ccc(NCC2Cn3cccc3C2=O)cc1. The smallest absolute Gasteiger partial charge is 0.221 e. The number of Topliss-reactive ketones (excluding diaryl/α,β-unsaturated/α-hetero) is 1. The Morgan fingerprint density at radius 3 is 2.62 bits per heavy atom. The van der Waals surface area contributed by atoms with Crippen LogP contribution in [0.4, 0.5) is 11.4 Å². The second-order valence-corrected chi connectivity index (χ2v) is 5.25. The summed E-state index contributed by atoms with van der Waals surface area (Å²) in [7, 11) is 0. The Morgan fingerprint density at radius 1 is 1.24 bits per heavy atom. The summed E-state index contributed by atoms with van der Waals surface area (Å²) in [4.78, 5) is 23.1. The topological polar surface area (TPSA) is 63.1 Å². The van der Waals surface area contributed by atoms with E-state index in [0.717, 1.165) is 23.6 Å². The highest BCUT2D eigenvalue weighted by atomic mass is 16.1. The van der Waals surface area contributed by atoms with Crippen LogP contribution < -0.4 is 10.6 Å². The number of amides is 1. The molecule has 5 nitrogen and oxygen atoms in total. The molecule has 1 amide bonds. The molecule has 2 aromatic rings. The normalized spacial score (nSPS) is 16.6. The maximum Gasteiger partial charge on any atom is 0.221 e. The molecule has 0 saturated heterocycles. The Morgan fingerprint density at radius 2 is 1.95 bits per heavy atom. The summed E-state index contributed by atoms with van der Waals surface area (Å²) in [6.45, 7) is 2.82. The van der Waals surface area contributed by atoms with Gasteiger partial charge in [-0.05, 0) is 36.4 Å². The summed E-state index contributed by atoms with van der Waals surface area (Å²) < 4.78 is 1.99. The van der Waals surface area contributed by atoms with Gasteiger partial charge in [-0.3, -0.25) is 9.59 Å². The molecule has 1 aliphatic rings. The first-order valence-corrected chi connectivity index (χ1v) is 6.94. The number of rotatable bonds is 4. The Hall–Kier alpha value is -2.56. The van der Waals surface area contributed by atoms with Crippen molar-refractivity contribution in [3.05, 3.63) is 48.3 Å². The molecule has 21 heavy (non-hydrogen) atoms. The van der Waals surface area contributed by atoms with Crippen molar-refractivity contribution in [3.8, 4) is 0 Å². The highest BCUT2D eigenvalue weighted by Gasteiger charge is 2.29. The second kappa shape index (κ2) is 5.44. The van der Waals surface area contributed by atoms with Gasteiger partial charge in [-0.1, -0.05) is 0 Å². The van der Waals surface area contributed by atoms with Gasteiger partial charge in [0.15, 0.2) is 5.78 Å². The zero-order valence-electron chi connectivity index (χ0n) is 11.8. The van der Waals surface area contributed by atoms with E-state index >= 15 is 0 Å².